The van der Waals surface area contributed by atoms with Crippen LogP contribution in [0.3, 0.4) is 0 Å². The van der Waals surface area contributed by atoms with Gasteiger partial charge in [0.15, 0.2) is 0 Å². The van der Waals surface area contributed by atoms with Crippen LogP contribution in [0.5, 0.6) is 0 Å². The van der Waals surface area contributed by atoms with Crippen molar-refractivity contribution >= 4 is 17.3 Å². The lowest BCUT2D eigenvalue weighted by Gasteiger charge is -2.25. The van der Waals surface area contributed by atoms with Crippen molar-refractivity contribution in [3.05, 3.63) is 42.2 Å². The van der Waals surface area contributed by atoms with Crippen LogP contribution in [0.4, 0.5) is 17.3 Å². The first-order chi connectivity index (χ1) is 12.8. The molecule has 2 aliphatic rings. The minimum Gasteiger partial charge on any atom is -0.369 e. The topological polar surface area (TPSA) is 59.3 Å². The van der Waals surface area contributed by atoms with Crippen molar-refractivity contribution in [2.75, 3.05) is 54.0 Å². The molecule has 2 saturated heterocycles. The third kappa shape index (κ3) is 3.43. The summed E-state index contributed by atoms with van der Waals surface area (Å²) in [5.74, 6) is 2.06. The Labute approximate surface area is 154 Å². The number of benzene rings is 1. The van der Waals surface area contributed by atoms with Gasteiger partial charge in [0.2, 0.25) is 0 Å². The summed E-state index contributed by atoms with van der Waals surface area (Å²) in [6.45, 7) is 5.91. The third-order valence-corrected chi connectivity index (χ3v) is 5.25. The van der Waals surface area contributed by atoms with Crippen molar-refractivity contribution in [3.63, 3.8) is 0 Å². The van der Waals surface area contributed by atoms with Crippen LogP contribution in [0.25, 0.3) is 0 Å². The summed E-state index contributed by atoms with van der Waals surface area (Å²) in [4.78, 5) is 16.0. The van der Waals surface area contributed by atoms with Crippen molar-refractivity contribution < 1.29 is 0 Å². The second kappa shape index (κ2) is 7.61. The first-order valence-corrected chi connectivity index (χ1v) is 9.41. The van der Waals surface area contributed by atoms with E-state index >= 15 is 0 Å². The van der Waals surface area contributed by atoms with E-state index in [9.17, 15) is 5.26 Å². The molecule has 0 aliphatic carbocycles. The number of hydrogen-bond acceptors (Lipinski definition) is 6. The fraction of sp³-hybridized carbons (Fsp3) is 0.450. The van der Waals surface area contributed by atoms with Gasteiger partial charge in [-0.15, -0.1) is 0 Å². The molecule has 0 saturated carbocycles. The lowest BCUT2D eigenvalue weighted by atomic mass is 10.1. The molecule has 0 spiro atoms. The highest BCUT2D eigenvalue weighted by Gasteiger charge is 2.20. The summed E-state index contributed by atoms with van der Waals surface area (Å²) in [6, 6.07) is 12.3. The Balaban J connectivity index is 1.49. The molecule has 6 heteroatoms. The van der Waals surface area contributed by atoms with Crippen LogP contribution in [0.2, 0.25) is 0 Å². The van der Waals surface area contributed by atoms with E-state index in [-0.39, 0.29) is 0 Å². The summed E-state index contributed by atoms with van der Waals surface area (Å²) in [7, 11) is 0. The van der Waals surface area contributed by atoms with Crippen molar-refractivity contribution in [3.8, 4) is 6.07 Å². The first kappa shape index (κ1) is 16.6. The molecular formula is C20H24N6. The molecule has 26 heavy (non-hydrogen) atoms. The molecule has 134 valence electrons. The molecule has 1 aromatic carbocycles. The number of para-hydroxylation sites is 1. The monoisotopic (exact) mass is 348 g/mol. The van der Waals surface area contributed by atoms with Crippen molar-refractivity contribution in [2.24, 2.45) is 0 Å². The van der Waals surface area contributed by atoms with Gasteiger partial charge in [0.1, 0.15) is 24.0 Å². The Hall–Kier alpha value is -2.81. The molecule has 0 unspecified atom stereocenters. The molecule has 2 aromatic rings. The molecule has 0 atom stereocenters. The van der Waals surface area contributed by atoms with Gasteiger partial charge >= 0.3 is 0 Å². The summed E-state index contributed by atoms with van der Waals surface area (Å²) < 4.78 is 0. The molecule has 1 aromatic heterocycles. The van der Waals surface area contributed by atoms with E-state index in [4.69, 9.17) is 0 Å². The Morgan fingerprint density at radius 2 is 1.38 bits per heavy atom. The standard InChI is InChI=1S/C20H24N6/c21-15-17-6-1-2-7-18(17)24-10-5-11-26(13-12-24)20-14-19(22-16-23-20)25-8-3-4-9-25/h1-2,6-7,14,16H,3-5,8-13H2. The predicted octanol–water partition coefficient (Wildman–Crippen LogP) is 2.67. The number of hydrogen-bond donors (Lipinski definition) is 0. The van der Waals surface area contributed by atoms with Gasteiger partial charge in [-0.05, 0) is 31.4 Å². The van der Waals surface area contributed by atoms with E-state index in [0.29, 0.717) is 0 Å². The van der Waals surface area contributed by atoms with Crippen LogP contribution in [0.1, 0.15) is 24.8 Å². The van der Waals surface area contributed by atoms with E-state index in [0.717, 1.165) is 68.6 Å². The highest BCUT2D eigenvalue weighted by Crippen LogP contribution is 2.24. The Bertz CT molecular complexity index is 793. The number of rotatable bonds is 3. The summed E-state index contributed by atoms with van der Waals surface area (Å²) in [5, 5.41) is 9.38. The van der Waals surface area contributed by atoms with Gasteiger partial charge in [0.25, 0.3) is 0 Å². The quantitative estimate of drug-likeness (QED) is 0.850. The molecule has 2 aliphatic heterocycles. The van der Waals surface area contributed by atoms with Gasteiger partial charge < -0.3 is 14.7 Å². The first-order valence-electron chi connectivity index (χ1n) is 9.41. The minimum atomic E-state index is 0.749. The Morgan fingerprint density at radius 1 is 0.769 bits per heavy atom. The Kier molecular flexibility index (Phi) is 4.87. The average molecular weight is 348 g/mol. The van der Waals surface area contributed by atoms with Crippen molar-refractivity contribution in [2.45, 2.75) is 19.3 Å². The maximum Gasteiger partial charge on any atom is 0.134 e. The normalized spacial score (nSPS) is 17.9. The lowest BCUT2D eigenvalue weighted by Crippen LogP contribution is -2.31. The van der Waals surface area contributed by atoms with E-state index in [1.165, 1.54) is 12.8 Å². The molecule has 0 radical (unpaired) electrons. The molecule has 0 N–H and O–H groups in total. The third-order valence-electron chi connectivity index (χ3n) is 5.25. The van der Waals surface area contributed by atoms with Crippen LogP contribution < -0.4 is 14.7 Å². The van der Waals surface area contributed by atoms with Gasteiger partial charge in [-0.2, -0.15) is 5.26 Å². The number of aromatic nitrogens is 2. The summed E-state index contributed by atoms with van der Waals surface area (Å²) in [6.07, 6.45) is 5.23. The summed E-state index contributed by atoms with van der Waals surface area (Å²) >= 11 is 0. The molecule has 4 rings (SSSR count). The van der Waals surface area contributed by atoms with Gasteiger partial charge in [-0.3, -0.25) is 0 Å². The zero-order chi connectivity index (χ0) is 17.8. The van der Waals surface area contributed by atoms with Crippen LogP contribution in [-0.2, 0) is 0 Å². The maximum atomic E-state index is 9.38. The highest BCUT2D eigenvalue weighted by atomic mass is 15.3. The smallest absolute Gasteiger partial charge is 0.134 e. The fourth-order valence-electron chi connectivity index (χ4n) is 3.86. The lowest BCUT2D eigenvalue weighted by molar-refractivity contribution is 0.793. The summed E-state index contributed by atoms with van der Waals surface area (Å²) in [5.41, 5.74) is 1.79. The SMILES string of the molecule is N#Cc1ccccc1N1CCCN(c2cc(N3CCCC3)ncn2)CC1. The van der Waals surface area contributed by atoms with E-state index in [1.54, 1.807) is 6.33 Å². The van der Waals surface area contributed by atoms with E-state index in [2.05, 4.69) is 36.8 Å². The fourth-order valence-corrected chi connectivity index (χ4v) is 3.86. The molecule has 6 nitrogen and oxygen atoms in total. The predicted molar refractivity (Wildman–Crippen MR) is 104 cm³/mol. The molecule has 2 fully saturated rings. The van der Waals surface area contributed by atoms with E-state index in [1.807, 2.05) is 24.3 Å². The zero-order valence-corrected chi connectivity index (χ0v) is 15.0. The Morgan fingerprint density at radius 3 is 2.15 bits per heavy atom. The molecule has 0 bridgehead atoms. The van der Waals surface area contributed by atoms with Crippen molar-refractivity contribution in [1.29, 1.82) is 5.26 Å². The molecule has 3 heterocycles. The van der Waals surface area contributed by atoms with Gasteiger partial charge in [0.05, 0.1) is 11.3 Å². The molecular weight excluding hydrogens is 324 g/mol. The maximum absolute atomic E-state index is 9.38. The largest absolute Gasteiger partial charge is 0.369 e. The zero-order valence-electron chi connectivity index (χ0n) is 15.0. The van der Waals surface area contributed by atoms with Gasteiger partial charge in [0, 0.05) is 45.3 Å². The number of nitrogens with zero attached hydrogens (tertiary/aromatic N) is 6. The average Bonchev–Trinajstić information content (AvgIpc) is 3.13. The minimum absolute atomic E-state index is 0.749. The van der Waals surface area contributed by atoms with Crippen LogP contribution in [0, 0.1) is 11.3 Å². The number of nitriles is 1. The van der Waals surface area contributed by atoms with Gasteiger partial charge in [-0.1, -0.05) is 12.1 Å². The van der Waals surface area contributed by atoms with Crippen molar-refractivity contribution in [1.82, 2.24) is 9.97 Å². The highest BCUT2D eigenvalue weighted by molar-refractivity contribution is 5.60. The van der Waals surface area contributed by atoms with Crippen LogP contribution in [-0.4, -0.2) is 49.2 Å². The van der Waals surface area contributed by atoms with Crippen LogP contribution in [0.15, 0.2) is 36.7 Å². The number of anilines is 3. The molecule has 0 amide bonds. The second-order valence-corrected chi connectivity index (χ2v) is 6.89. The second-order valence-electron chi connectivity index (χ2n) is 6.89. The van der Waals surface area contributed by atoms with Crippen LogP contribution >= 0.6 is 0 Å². The van der Waals surface area contributed by atoms with E-state index < -0.39 is 0 Å². The van der Waals surface area contributed by atoms with Gasteiger partial charge in [-0.25, -0.2) is 9.97 Å².